The van der Waals surface area contributed by atoms with Gasteiger partial charge in [-0.3, -0.25) is 14.5 Å². The fourth-order valence-corrected chi connectivity index (χ4v) is 4.55. The Hall–Kier alpha value is -1.14. The lowest BCUT2D eigenvalue weighted by Crippen LogP contribution is -2.63. The standard InChI is InChI=1S/C18H31N3O3/c19-17(23)18(8-2-1-3-9-18)21-12-10-20(11-13-21)16(22)7-6-15-5-4-14-24-15/h15H,1-14H2,(H2,19,23). The highest BCUT2D eigenvalue weighted by Gasteiger charge is 2.44. The minimum Gasteiger partial charge on any atom is -0.378 e. The predicted octanol–water partition coefficient (Wildman–Crippen LogP) is 1.28. The van der Waals surface area contributed by atoms with Crippen LogP contribution in [0.15, 0.2) is 0 Å². The Kier molecular flexibility index (Phi) is 5.76. The van der Waals surface area contributed by atoms with Crippen LogP contribution in [0.1, 0.15) is 57.8 Å². The van der Waals surface area contributed by atoms with Crippen molar-refractivity contribution in [2.24, 2.45) is 5.73 Å². The van der Waals surface area contributed by atoms with Crippen molar-refractivity contribution in [3.63, 3.8) is 0 Å². The third-order valence-corrected chi connectivity index (χ3v) is 6.08. The maximum atomic E-state index is 12.4. The molecule has 0 aromatic heterocycles. The van der Waals surface area contributed by atoms with Gasteiger partial charge in [-0.2, -0.15) is 0 Å². The van der Waals surface area contributed by atoms with Gasteiger partial charge in [-0.1, -0.05) is 19.3 Å². The van der Waals surface area contributed by atoms with E-state index in [0.29, 0.717) is 19.5 Å². The van der Waals surface area contributed by atoms with E-state index in [1.54, 1.807) is 0 Å². The van der Waals surface area contributed by atoms with E-state index >= 15 is 0 Å². The zero-order valence-electron chi connectivity index (χ0n) is 14.7. The first-order valence-electron chi connectivity index (χ1n) is 9.56. The molecule has 0 aromatic carbocycles. The first-order valence-corrected chi connectivity index (χ1v) is 9.56. The largest absolute Gasteiger partial charge is 0.378 e. The second-order valence-corrected chi connectivity index (χ2v) is 7.50. The van der Waals surface area contributed by atoms with Crippen LogP contribution in [0.3, 0.4) is 0 Å². The summed E-state index contributed by atoms with van der Waals surface area (Å²) in [5.41, 5.74) is 5.30. The van der Waals surface area contributed by atoms with Gasteiger partial charge in [-0.25, -0.2) is 0 Å². The molecule has 1 atom stereocenters. The van der Waals surface area contributed by atoms with Crippen LogP contribution in [0.25, 0.3) is 0 Å². The summed E-state index contributed by atoms with van der Waals surface area (Å²) in [6, 6.07) is 0. The molecule has 6 nitrogen and oxygen atoms in total. The third-order valence-electron chi connectivity index (χ3n) is 6.08. The summed E-state index contributed by atoms with van der Waals surface area (Å²) in [6.07, 6.45) is 8.97. The van der Waals surface area contributed by atoms with Crippen LogP contribution in [-0.2, 0) is 14.3 Å². The Morgan fingerprint density at radius 1 is 1.04 bits per heavy atom. The normalized spacial score (nSPS) is 28.0. The maximum absolute atomic E-state index is 12.4. The average Bonchev–Trinajstić information content (AvgIpc) is 3.14. The number of rotatable bonds is 5. The lowest BCUT2D eigenvalue weighted by molar-refractivity contribution is -0.139. The van der Waals surface area contributed by atoms with Gasteiger partial charge in [-0.05, 0) is 32.1 Å². The van der Waals surface area contributed by atoms with Gasteiger partial charge in [0.05, 0.1) is 6.10 Å². The highest BCUT2D eigenvalue weighted by molar-refractivity contribution is 5.85. The molecule has 1 saturated carbocycles. The van der Waals surface area contributed by atoms with E-state index in [2.05, 4.69) is 4.90 Å². The number of hydrogen-bond acceptors (Lipinski definition) is 4. The Balaban J connectivity index is 1.49. The molecule has 3 aliphatic rings. The second kappa shape index (κ2) is 7.83. The highest BCUT2D eigenvalue weighted by atomic mass is 16.5. The minimum atomic E-state index is -0.467. The molecule has 1 unspecified atom stereocenters. The van der Waals surface area contributed by atoms with E-state index in [4.69, 9.17) is 10.5 Å². The molecule has 24 heavy (non-hydrogen) atoms. The molecule has 3 fully saturated rings. The summed E-state index contributed by atoms with van der Waals surface area (Å²) in [4.78, 5) is 28.7. The van der Waals surface area contributed by atoms with Crippen LogP contribution >= 0.6 is 0 Å². The van der Waals surface area contributed by atoms with Crippen LogP contribution < -0.4 is 5.73 Å². The molecule has 2 heterocycles. The van der Waals surface area contributed by atoms with Crippen LogP contribution in [-0.4, -0.2) is 66.0 Å². The van der Waals surface area contributed by atoms with Crippen molar-refractivity contribution in [2.45, 2.75) is 69.4 Å². The summed E-state index contributed by atoms with van der Waals surface area (Å²) in [5, 5.41) is 0. The molecule has 2 N–H and O–H groups in total. The lowest BCUT2D eigenvalue weighted by Gasteiger charge is -2.47. The number of carbonyl (C=O) groups is 2. The van der Waals surface area contributed by atoms with Gasteiger partial charge < -0.3 is 15.4 Å². The highest BCUT2D eigenvalue weighted by Crippen LogP contribution is 2.34. The van der Waals surface area contributed by atoms with E-state index in [0.717, 1.165) is 64.6 Å². The Morgan fingerprint density at radius 3 is 2.33 bits per heavy atom. The van der Waals surface area contributed by atoms with Gasteiger partial charge >= 0.3 is 0 Å². The molecule has 0 spiro atoms. The smallest absolute Gasteiger partial charge is 0.237 e. The molecule has 0 radical (unpaired) electrons. The molecular formula is C18H31N3O3. The predicted molar refractivity (Wildman–Crippen MR) is 91.4 cm³/mol. The fraction of sp³-hybridized carbons (Fsp3) is 0.889. The molecule has 0 bridgehead atoms. The Labute approximate surface area is 144 Å². The van der Waals surface area contributed by atoms with Crippen molar-refractivity contribution in [1.29, 1.82) is 0 Å². The van der Waals surface area contributed by atoms with Crippen molar-refractivity contribution in [3.8, 4) is 0 Å². The molecule has 2 saturated heterocycles. The van der Waals surface area contributed by atoms with Crippen LogP contribution in [0.2, 0.25) is 0 Å². The number of ether oxygens (including phenoxy) is 1. The first-order chi connectivity index (χ1) is 11.6. The van der Waals surface area contributed by atoms with Gasteiger partial charge in [0, 0.05) is 39.2 Å². The summed E-state index contributed by atoms with van der Waals surface area (Å²) in [5.74, 6) is 0.0438. The summed E-state index contributed by atoms with van der Waals surface area (Å²) >= 11 is 0. The summed E-state index contributed by atoms with van der Waals surface area (Å²) < 4.78 is 5.60. The van der Waals surface area contributed by atoms with Gasteiger partial charge in [0.25, 0.3) is 0 Å². The van der Waals surface area contributed by atoms with Crippen molar-refractivity contribution in [3.05, 3.63) is 0 Å². The van der Waals surface area contributed by atoms with Gasteiger partial charge in [0.15, 0.2) is 0 Å². The number of nitrogens with two attached hydrogens (primary N) is 1. The first kappa shape index (κ1) is 17.7. The minimum absolute atomic E-state index is 0.180. The lowest BCUT2D eigenvalue weighted by atomic mass is 9.79. The summed E-state index contributed by atoms with van der Waals surface area (Å²) in [7, 11) is 0. The molecule has 0 aromatic rings. The Morgan fingerprint density at radius 2 is 1.75 bits per heavy atom. The molecule has 3 rings (SSSR count). The zero-order valence-corrected chi connectivity index (χ0v) is 14.7. The molecule has 136 valence electrons. The van der Waals surface area contributed by atoms with Gasteiger partial charge in [0.1, 0.15) is 5.54 Å². The van der Waals surface area contributed by atoms with Gasteiger partial charge in [-0.15, -0.1) is 0 Å². The van der Waals surface area contributed by atoms with Crippen LogP contribution in [0, 0.1) is 0 Å². The van der Waals surface area contributed by atoms with Crippen molar-refractivity contribution in [1.82, 2.24) is 9.80 Å². The quantitative estimate of drug-likeness (QED) is 0.820. The van der Waals surface area contributed by atoms with E-state index in [1.807, 2.05) is 4.90 Å². The third kappa shape index (κ3) is 3.75. The van der Waals surface area contributed by atoms with E-state index in [9.17, 15) is 9.59 Å². The summed E-state index contributed by atoms with van der Waals surface area (Å²) in [6.45, 7) is 3.77. The number of nitrogens with zero attached hydrogens (tertiary/aromatic N) is 2. The van der Waals surface area contributed by atoms with E-state index < -0.39 is 5.54 Å². The Bertz CT molecular complexity index is 448. The monoisotopic (exact) mass is 337 g/mol. The second-order valence-electron chi connectivity index (χ2n) is 7.50. The molecule has 6 heteroatoms. The molecular weight excluding hydrogens is 306 g/mol. The number of piperazine rings is 1. The van der Waals surface area contributed by atoms with Crippen LogP contribution in [0.4, 0.5) is 0 Å². The van der Waals surface area contributed by atoms with E-state index in [-0.39, 0.29) is 17.9 Å². The van der Waals surface area contributed by atoms with Crippen molar-refractivity contribution in [2.75, 3.05) is 32.8 Å². The topological polar surface area (TPSA) is 75.9 Å². The average molecular weight is 337 g/mol. The van der Waals surface area contributed by atoms with Gasteiger partial charge in [0.2, 0.25) is 11.8 Å². The van der Waals surface area contributed by atoms with Crippen molar-refractivity contribution >= 4 is 11.8 Å². The molecule has 1 aliphatic carbocycles. The van der Waals surface area contributed by atoms with Crippen molar-refractivity contribution < 1.29 is 14.3 Å². The zero-order chi connectivity index (χ0) is 17.0. The number of carbonyl (C=O) groups excluding carboxylic acids is 2. The van der Waals surface area contributed by atoms with E-state index in [1.165, 1.54) is 6.42 Å². The fourth-order valence-electron chi connectivity index (χ4n) is 4.55. The number of amides is 2. The van der Waals surface area contributed by atoms with Crippen LogP contribution in [0.5, 0.6) is 0 Å². The SMILES string of the molecule is NC(=O)C1(N2CCN(C(=O)CCC3CCCO3)CC2)CCCCC1. The maximum Gasteiger partial charge on any atom is 0.237 e. The number of primary amides is 1. The molecule has 2 aliphatic heterocycles. The number of hydrogen-bond donors (Lipinski definition) is 1. The molecule has 2 amide bonds.